The Kier molecular flexibility index (Phi) is 38.1. The average Bonchev–Trinajstić information content (AvgIpc) is 3.12. The third kappa shape index (κ3) is 35.7. The van der Waals surface area contributed by atoms with E-state index in [2.05, 4.69) is 26.0 Å². The van der Waals surface area contributed by atoms with Crippen LogP contribution in [0.25, 0.3) is 0 Å². The van der Waals surface area contributed by atoms with Crippen molar-refractivity contribution in [3.8, 4) is 12.1 Å². The summed E-state index contributed by atoms with van der Waals surface area (Å²) in [6.45, 7) is 5.45. The summed E-state index contributed by atoms with van der Waals surface area (Å²) in [5, 5.41) is 18.8. The molecule has 0 aliphatic heterocycles. The molecular weight excluding hydrogens is 620 g/mol. The van der Waals surface area contributed by atoms with Crippen LogP contribution in [0.4, 0.5) is 0 Å². The first-order valence-electron chi connectivity index (χ1n) is 21.7. The standard InChI is InChI=1S/C44H80N2O4/c1-3-5-7-9-15-23-31-41(39-45)33-25-17-11-13-19-27-35-43(47)49-37-29-21-22-30-38-50-44(48)36-28-20-14-12-18-26-34-42(40-46)32-24-16-10-8-6-4-2/h41-42H,3-38H2,1-2H3. The molecule has 0 aliphatic rings. The zero-order chi connectivity index (χ0) is 36.6. The maximum absolute atomic E-state index is 12.0. The lowest BCUT2D eigenvalue weighted by atomic mass is 9.95. The highest BCUT2D eigenvalue weighted by molar-refractivity contribution is 5.69. The largest absolute Gasteiger partial charge is 0.466 e. The van der Waals surface area contributed by atoms with Gasteiger partial charge in [0, 0.05) is 24.7 Å². The number of carbonyl (C=O) groups excluding carboxylic acids is 2. The fourth-order valence-electron chi connectivity index (χ4n) is 6.70. The van der Waals surface area contributed by atoms with Crippen LogP contribution in [0.2, 0.25) is 0 Å². The molecule has 0 heterocycles. The number of carbonyl (C=O) groups is 2. The van der Waals surface area contributed by atoms with Gasteiger partial charge in [0.1, 0.15) is 0 Å². The Morgan fingerprint density at radius 3 is 0.960 bits per heavy atom. The van der Waals surface area contributed by atoms with Crippen LogP contribution in [0, 0.1) is 34.5 Å². The van der Waals surface area contributed by atoms with Gasteiger partial charge in [-0.15, -0.1) is 0 Å². The Bertz CT molecular complexity index is 765. The van der Waals surface area contributed by atoms with E-state index in [-0.39, 0.29) is 23.8 Å². The second kappa shape index (κ2) is 39.7. The molecule has 0 aliphatic carbocycles. The number of nitrogens with zero attached hydrogens (tertiary/aromatic N) is 2. The smallest absolute Gasteiger partial charge is 0.305 e. The van der Waals surface area contributed by atoms with E-state index in [1.165, 1.54) is 103 Å². The lowest BCUT2D eigenvalue weighted by Crippen LogP contribution is -2.07. The molecule has 2 atom stereocenters. The van der Waals surface area contributed by atoms with Crippen LogP contribution < -0.4 is 0 Å². The van der Waals surface area contributed by atoms with Gasteiger partial charge in [-0.05, 0) is 64.2 Å². The van der Waals surface area contributed by atoms with Crippen molar-refractivity contribution in [3.63, 3.8) is 0 Å². The lowest BCUT2D eigenvalue weighted by Gasteiger charge is -2.09. The highest BCUT2D eigenvalue weighted by Crippen LogP contribution is 2.20. The van der Waals surface area contributed by atoms with Crippen molar-refractivity contribution in [1.82, 2.24) is 0 Å². The van der Waals surface area contributed by atoms with Gasteiger partial charge in [-0.3, -0.25) is 9.59 Å². The Hall–Kier alpha value is -2.08. The Balaban J connectivity index is 3.45. The summed E-state index contributed by atoms with van der Waals surface area (Å²) in [6.07, 6.45) is 37.6. The van der Waals surface area contributed by atoms with Gasteiger partial charge in [0.2, 0.25) is 0 Å². The van der Waals surface area contributed by atoms with E-state index in [1.807, 2.05) is 0 Å². The van der Waals surface area contributed by atoms with Crippen LogP contribution in [0.15, 0.2) is 0 Å². The third-order valence-electron chi connectivity index (χ3n) is 10.1. The van der Waals surface area contributed by atoms with E-state index in [4.69, 9.17) is 9.47 Å². The van der Waals surface area contributed by atoms with Crippen molar-refractivity contribution < 1.29 is 19.1 Å². The molecule has 0 saturated heterocycles. The SMILES string of the molecule is CCCCCCCCC(C#N)CCCCCCCCC(=O)OCCCCCCOC(=O)CCCCCCCCC(C#N)CCCCCCCC. The van der Waals surface area contributed by atoms with E-state index < -0.39 is 0 Å². The summed E-state index contributed by atoms with van der Waals surface area (Å²) in [6, 6.07) is 5.03. The monoisotopic (exact) mass is 701 g/mol. The maximum atomic E-state index is 12.0. The van der Waals surface area contributed by atoms with Crippen LogP contribution in [0.1, 0.15) is 232 Å². The molecule has 0 fully saturated rings. The van der Waals surface area contributed by atoms with E-state index in [0.717, 1.165) is 103 Å². The van der Waals surface area contributed by atoms with E-state index in [0.29, 0.717) is 26.1 Å². The van der Waals surface area contributed by atoms with Gasteiger partial charge >= 0.3 is 11.9 Å². The predicted octanol–water partition coefficient (Wildman–Crippen LogP) is 13.7. The summed E-state index contributed by atoms with van der Waals surface area (Å²) >= 11 is 0. The molecule has 0 N–H and O–H groups in total. The molecule has 0 saturated carbocycles. The first-order chi connectivity index (χ1) is 24.6. The van der Waals surface area contributed by atoms with E-state index >= 15 is 0 Å². The molecule has 0 aromatic heterocycles. The molecule has 6 nitrogen and oxygen atoms in total. The van der Waals surface area contributed by atoms with Gasteiger partial charge in [0.05, 0.1) is 25.4 Å². The van der Waals surface area contributed by atoms with Crippen LogP contribution >= 0.6 is 0 Å². The number of unbranched alkanes of at least 4 members (excludes halogenated alkanes) is 23. The van der Waals surface area contributed by atoms with E-state index in [1.54, 1.807) is 0 Å². The van der Waals surface area contributed by atoms with Crippen molar-refractivity contribution in [3.05, 3.63) is 0 Å². The second-order valence-corrected chi connectivity index (χ2v) is 14.9. The molecule has 0 amide bonds. The number of hydrogen-bond acceptors (Lipinski definition) is 6. The minimum absolute atomic E-state index is 0.0862. The molecule has 290 valence electrons. The third-order valence-corrected chi connectivity index (χ3v) is 10.1. The quantitative estimate of drug-likeness (QED) is 0.0467. The molecule has 0 bridgehead atoms. The van der Waals surface area contributed by atoms with Crippen molar-refractivity contribution in [2.75, 3.05) is 13.2 Å². The zero-order valence-corrected chi connectivity index (χ0v) is 33.1. The number of nitriles is 2. The topological polar surface area (TPSA) is 100 Å². The molecule has 6 heteroatoms. The van der Waals surface area contributed by atoms with Gasteiger partial charge in [-0.1, -0.05) is 155 Å². The molecule has 2 unspecified atom stereocenters. The number of rotatable bonds is 39. The minimum Gasteiger partial charge on any atom is -0.466 e. The Morgan fingerprint density at radius 2 is 0.660 bits per heavy atom. The Labute approximate surface area is 310 Å². The summed E-state index contributed by atoms with van der Waals surface area (Å²) in [5.41, 5.74) is 0. The van der Waals surface area contributed by atoms with Crippen molar-refractivity contribution >= 4 is 11.9 Å². The van der Waals surface area contributed by atoms with Crippen LogP contribution in [-0.2, 0) is 19.1 Å². The van der Waals surface area contributed by atoms with Crippen LogP contribution in [0.3, 0.4) is 0 Å². The summed E-state index contributed by atoms with van der Waals surface area (Å²) < 4.78 is 10.8. The summed E-state index contributed by atoms with van der Waals surface area (Å²) in [7, 11) is 0. The Morgan fingerprint density at radius 1 is 0.400 bits per heavy atom. The zero-order valence-electron chi connectivity index (χ0n) is 33.1. The minimum atomic E-state index is -0.0862. The van der Waals surface area contributed by atoms with Gasteiger partial charge in [0.25, 0.3) is 0 Å². The van der Waals surface area contributed by atoms with Crippen LogP contribution in [0.5, 0.6) is 0 Å². The number of esters is 2. The summed E-state index contributed by atoms with van der Waals surface area (Å²) in [4.78, 5) is 24.0. The van der Waals surface area contributed by atoms with Crippen LogP contribution in [-0.4, -0.2) is 25.2 Å². The molecule has 0 radical (unpaired) electrons. The number of ether oxygens (including phenoxy) is 2. The van der Waals surface area contributed by atoms with Gasteiger partial charge in [-0.25, -0.2) is 0 Å². The van der Waals surface area contributed by atoms with E-state index in [9.17, 15) is 20.1 Å². The van der Waals surface area contributed by atoms with Gasteiger partial charge in [0.15, 0.2) is 0 Å². The summed E-state index contributed by atoms with van der Waals surface area (Å²) in [5.74, 6) is 0.291. The van der Waals surface area contributed by atoms with Gasteiger partial charge < -0.3 is 9.47 Å². The first kappa shape index (κ1) is 47.9. The second-order valence-electron chi connectivity index (χ2n) is 14.9. The highest BCUT2D eigenvalue weighted by atomic mass is 16.5. The molecule has 0 spiro atoms. The van der Waals surface area contributed by atoms with Gasteiger partial charge in [-0.2, -0.15) is 10.5 Å². The van der Waals surface area contributed by atoms with Crippen molar-refractivity contribution in [2.24, 2.45) is 11.8 Å². The molecule has 50 heavy (non-hydrogen) atoms. The normalized spacial score (nSPS) is 12.2. The molecule has 0 rings (SSSR count). The molecular formula is C44H80N2O4. The maximum Gasteiger partial charge on any atom is 0.305 e. The average molecular weight is 701 g/mol. The lowest BCUT2D eigenvalue weighted by molar-refractivity contribution is -0.145. The fourth-order valence-corrected chi connectivity index (χ4v) is 6.70. The van der Waals surface area contributed by atoms with Crippen molar-refractivity contribution in [2.45, 2.75) is 232 Å². The fraction of sp³-hybridized carbons (Fsp3) is 0.909. The predicted molar refractivity (Wildman–Crippen MR) is 208 cm³/mol. The van der Waals surface area contributed by atoms with Crippen molar-refractivity contribution in [1.29, 1.82) is 10.5 Å². The first-order valence-corrected chi connectivity index (χ1v) is 21.7. The number of hydrogen-bond donors (Lipinski definition) is 0. The highest BCUT2D eigenvalue weighted by Gasteiger charge is 2.09. The molecule has 0 aromatic rings. The molecule has 0 aromatic carbocycles.